The molecule has 6 aromatic rings. The zero-order chi connectivity index (χ0) is 25.9. The molecule has 1 radical (unpaired) electrons. The normalized spacial score (nSPS) is 11.4. The van der Waals surface area contributed by atoms with Crippen LogP contribution in [0.5, 0.6) is 11.5 Å². The zero-order valence-electron chi connectivity index (χ0n) is 20.8. The maximum atomic E-state index is 10.3. The van der Waals surface area contributed by atoms with Gasteiger partial charge in [-0.1, -0.05) is 84.9 Å². The van der Waals surface area contributed by atoms with Gasteiger partial charge in [0.2, 0.25) is 0 Å². The zero-order valence-corrected chi connectivity index (χ0v) is 21.9. The van der Waals surface area contributed by atoms with E-state index < -0.39 is 0 Å². The van der Waals surface area contributed by atoms with Crippen LogP contribution in [0.25, 0.3) is 32.7 Å². The minimum absolute atomic E-state index is 0. The van der Waals surface area contributed by atoms with Gasteiger partial charge >= 0.3 is 0 Å². The molecule has 39 heavy (non-hydrogen) atoms. The molecule has 0 unspecified atom stereocenters. The Hall–Kier alpha value is -4.71. The fourth-order valence-corrected chi connectivity index (χ4v) is 4.73. The van der Waals surface area contributed by atoms with Crippen molar-refractivity contribution < 1.29 is 27.0 Å². The van der Waals surface area contributed by atoms with E-state index in [4.69, 9.17) is 9.98 Å². The average Bonchev–Trinajstić information content (AvgIpc) is 2.96. The second kappa shape index (κ2) is 11.4. The summed E-state index contributed by atoms with van der Waals surface area (Å²) < 4.78 is 0. The van der Waals surface area contributed by atoms with Crippen molar-refractivity contribution in [3.8, 4) is 22.6 Å². The minimum Gasteiger partial charge on any atom is -0.507 e. The van der Waals surface area contributed by atoms with Crippen LogP contribution in [-0.4, -0.2) is 22.6 Å². The smallest absolute Gasteiger partial charge is 0.124 e. The van der Waals surface area contributed by atoms with E-state index in [-0.39, 0.29) is 28.3 Å². The molecule has 5 heteroatoms. The Labute approximate surface area is 236 Å². The molecular weight excluding hydrogens is 527 g/mol. The van der Waals surface area contributed by atoms with Crippen molar-refractivity contribution in [3.05, 3.63) is 132 Å². The number of benzene rings is 6. The largest absolute Gasteiger partial charge is 0.507 e. The van der Waals surface area contributed by atoms with Gasteiger partial charge in [-0.05, 0) is 57.9 Å². The third-order valence-electron chi connectivity index (χ3n) is 6.62. The molecule has 0 aliphatic heterocycles. The predicted molar refractivity (Wildman–Crippen MR) is 158 cm³/mol. The maximum Gasteiger partial charge on any atom is 0.124 e. The van der Waals surface area contributed by atoms with Crippen LogP contribution in [0, 0.1) is 0 Å². The molecule has 0 amide bonds. The quantitative estimate of drug-likeness (QED) is 0.211. The van der Waals surface area contributed by atoms with Gasteiger partial charge in [-0.15, -0.1) is 0 Å². The molecule has 0 aliphatic rings. The van der Waals surface area contributed by atoms with Crippen LogP contribution in [-0.2, 0) is 16.8 Å². The van der Waals surface area contributed by atoms with Gasteiger partial charge in [-0.2, -0.15) is 0 Å². The summed E-state index contributed by atoms with van der Waals surface area (Å²) in [4.78, 5) is 9.73. The van der Waals surface area contributed by atoms with Crippen LogP contribution in [0.15, 0.2) is 131 Å². The number of aliphatic imine (C=N–C) groups is 2. The number of aromatic hydroxyl groups is 2. The summed E-state index contributed by atoms with van der Waals surface area (Å²) in [5.41, 5.74) is 4.72. The molecule has 191 valence electrons. The van der Waals surface area contributed by atoms with Gasteiger partial charge < -0.3 is 10.2 Å². The van der Waals surface area contributed by atoms with Crippen LogP contribution < -0.4 is 0 Å². The summed E-state index contributed by atoms with van der Waals surface area (Å²) >= 11 is 0. The van der Waals surface area contributed by atoms with Gasteiger partial charge in [-0.3, -0.25) is 9.98 Å². The predicted octanol–water partition coefficient (Wildman–Crippen LogP) is 8.57. The van der Waals surface area contributed by atoms with E-state index >= 15 is 0 Å². The molecule has 0 aromatic heterocycles. The van der Waals surface area contributed by atoms with Gasteiger partial charge in [0.15, 0.2) is 0 Å². The molecule has 6 aromatic carbocycles. The molecule has 0 bridgehead atoms. The first-order valence-electron chi connectivity index (χ1n) is 12.4. The summed E-state index contributed by atoms with van der Waals surface area (Å²) in [6.07, 6.45) is 3.39. The molecule has 4 nitrogen and oxygen atoms in total. The van der Waals surface area contributed by atoms with Crippen molar-refractivity contribution in [3.63, 3.8) is 0 Å². The molecule has 6 rings (SSSR count). The molecule has 0 fully saturated rings. The second-order valence-electron chi connectivity index (χ2n) is 9.00. The Morgan fingerprint density at radius 3 is 1.26 bits per heavy atom. The SMILES string of the molecule is Oc1ccccc1C=Nc1ccc2ccccc2c1-c1c(N=Cc2ccccc2O)ccc2ccccc12.[Co]. The van der Waals surface area contributed by atoms with E-state index in [1.54, 1.807) is 36.7 Å². The van der Waals surface area contributed by atoms with Crippen LogP contribution >= 0.6 is 0 Å². The second-order valence-corrected chi connectivity index (χ2v) is 9.00. The van der Waals surface area contributed by atoms with Crippen molar-refractivity contribution >= 4 is 45.3 Å². The van der Waals surface area contributed by atoms with Gasteiger partial charge in [0.1, 0.15) is 11.5 Å². The molecule has 0 atom stereocenters. The Morgan fingerprint density at radius 2 is 0.821 bits per heavy atom. The van der Waals surface area contributed by atoms with E-state index in [9.17, 15) is 10.2 Å². The Bertz CT molecular complexity index is 1720. The van der Waals surface area contributed by atoms with E-state index in [1.165, 1.54) is 0 Å². The van der Waals surface area contributed by atoms with Crippen LogP contribution in [0.4, 0.5) is 11.4 Å². The fourth-order valence-electron chi connectivity index (χ4n) is 4.73. The summed E-state index contributed by atoms with van der Waals surface area (Å²) in [6.45, 7) is 0. The Kier molecular flexibility index (Phi) is 7.54. The number of para-hydroxylation sites is 2. The third kappa shape index (κ3) is 5.18. The fraction of sp³-hybridized carbons (Fsp3) is 0. The first-order chi connectivity index (χ1) is 18.7. The molecular formula is C34H24CoN2O2. The topological polar surface area (TPSA) is 65.2 Å². The number of phenolic OH excluding ortho intramolecular Hbond substituents is 2. The average molecular weight is 552 g/mol. The molecule has 2 N–H and O–H groups in total. The summed E-state index contributed by atoms with van der Waals surface area (Å²) in [5.74, 6) is 0.355. The van der Waals surface area contributed by atoms with Gasteiger partial charge in [-0.25, -0.2) is 0 Å². The molecule has 0 saturated carbocycles. The van der Waals surface area contributed by atoms with Crippen LogP contribution in [0.1, 0.15) is 11.1 Å². The summed E-state index contributed by atoms with van der Waals surface area (Å²) in [5, 5.41) is 24.9. The number of rotatable bonds is 5. The molecule has 0 spiro atoms. The first kappa shape index (κ1) is 25.9. The van der Waals surface area contributed by atoms with E-state index in [0.717, 1.165) is 44.0 Å². The molecule has 0 aliphatic carbocycles. The summed E-state index contributed by atoms with van der Waals surface area (Å²) in [6, 6.07) is 38.9. The van der Waals surface area contributed by atoms with E-state index in [2.05, 4.69) is 36.4 Å². The van der Waals surface area contributed by atoms with Gasteiger partial charge in [0.25, 0.3) is 0 Å². The molecule has 0 heterocycles. The van der Waals surface area contributed by atoms with Gasteiger partial charge in [0, 0.05) is 51.5 Å². The van der Waals surface area contributed by atoms with Crippen molar-refractivity contribution in [2.45, 2.75) is 0 Å². The van der Waals surface area contributed by atoms with Crippen molar-refractivity contribution in [2.24, 2.45) is 9.98 Å². The Morgan fingerprint density at radius 1 is 0.436 bits per heavy atom. The minimum atomic E-state index is 0. The van der Waals surface area contributed by atoms with E-state index in [1.807, 2.05) is 60.7 Å². The van der Waals surface area contributed by atoms with Crippen LogP contribution in [0.2, 0.25) is 0 Å². The van der Waals surface area contributed by atoms with Crippen molar-refractivity contribution in [1.82, 2.24) is 0 Å². The number of hydrogen-bond donors (Lipinski definition) is 2. The van der Waals surface area contributed by atoms with Crippen molar-refractivity contribution in [2.75, 3.05) is 0 Å². The van der Waals surface area contributed by atoms with Gasteiger partial charge in [0.05, 0.1) is 11.4 Å². The Balaban J connectivity index is 0.00000308. The molecule has 0 saturated heterocycles. The van der Waals surface area contributed by atoms with E-state index in [0.29, 0.717) is 11.1 Å². The standard InChI is InChI=1S/C34H24N2O2.Co/c37-31-15-7-3-11-25(31)21-35-29-19-17-23-9-1-5-13-27(23)33(29)34-28-14-6-2-10-24(28)18-20-30(34)36-22-26-12-4-8-16-32(26)38;/h1-22,37-38H;. The number of fused-ring (bicyclic) bond motifs is 2. The van der Waals surface area contributed by atoms with Crippen LogP contribution in [0.3, 0.4) is 0 Å². The first-order valence-corrected chi connectivity index (χ1v) is 12.4. The number of hydrogen-bond acceptors (Lipinski definition) is 4. The summed E-state index contributed by atoms with van der Waals surface area (Å²) in [7, 11) is 0. The van der Waals surface area contributed by atoms with Crippen molar-refractivity contribution in [1.29, 1.82) is 0 Å². The number of phenols is 2. The third-order valence-corrected chi connectivity index (χ3v) is 6.62. The maximum absolute atomic E-state index is 10.3. The monoisotopic (exact) mass is 551 g/mol. The number of nitrogens with zero attached hydrogens (tertiary/aromatic N) is 2.